The van der Waals surface area contributed by atoms with E-state index in [1.165, 1.54) is 77.0 Å². The Balaban J connectivity index is 4.79. The number of esters is 1. The van der Waals surface area contributed by atoms with Gasteiger partial charge >= 0.3 is 5.97 Å². The molecule has 1 amide bonds. The first-order valence-electron chi connectivity index (χ1n) is 25.0. The van der Waals surface area contributed by atoms with Crippen LogP contribution in [0.15, 0.2) is 97.2 Å². The molecule has 61 heavy (non-hydrogen) atoms. The Morgan fingerprint density at radius 2 is 0.918 bits per heavy atom. The van der Waals surface area contributed by atoms with Crippen LogP contribution < -0.4 is 5.32 Å². The molecule has 0 aromatic rings. The molecule has 6 heteroatoms. The zero-order valence-corrected chi connectivity index (χ0v) is 39.5. The molecule has 0 aromatic heterocycles. The van der Waals surface area contributed by atoms with E-state index in [0.29, 0.717) is 19.3 Å². The van der Waals surface area contributed by atoms with Crippen LogP contribution in [0, 0.1) is 0 Å². The lowest BCUT2D eigenvalue weighted by Gasteiger charge is -2.23. The third kappa shape index (κ3) is 43.2. The van der Waals surface area contributed by atoms with E-state index in [1.807, 2.05) is 6.08 Å². The highest BCUT2D eigenvalue weighted by Gasteiger charge is 2.23. The number of rotatable bonds is 43. The van der Waals surface area contributed by atoms with Gasteiger partial charge in [0, 0.05) is 6.42 Å². The van der Waals surface area contributed by atoms with Gasteiger partial charge in [-0.15, -0.1) is 0 Å². The molecule has 0 bridgehead atoms. The number of hydrogen-bond donors (Lipinski definition) is 3. The third-order valence-electron chi connectivity index (χ3n) is 10.6. The highest BCUT2D eigenvalue weighted by molar-refractivity contribution is 5.78. The smallest absolute Gasteiger partial charge is 0.306 e. The van der Waals surface area contributed by atoms with Crippen LogP contribution in [0.4, 0.5) is 0 Å². The maximum Gasteiger partial charge on any atom is 0.306 e. The molecular weight excluding hydrogens is 755 g/mol. The van der Waals surface area contributed by atoms with Gasteiger partial charge in [0.05, 0.1) is 25.2 Å². The highest BCUT2D eigenvalue weighted by atomic mass is 16.5. The first-order valence-corrected chi connectivity index (χ1v) is 25.0. The van der Waals surface area contributed by atoms with Crippen molar-refractivity contribution in [2.45, 2.75) is 232 Å². The van der Waals surface area contributed by atoms with Crippen LogP contribution in [-0.4, -0.2) is 46.9 Å². The highest BCUT2D eigenvalue weighted by Crippen LogP contribution is 2.15. The lowest BCUT2D eigenvalue weighted by atomic mass is 10.0. The summed E-state index contributed by atoms with van der Waals surface area (Å²) in [6, 6.07) is -0.751. The van der Waals surface area contributed by atoms with Crippen LogP contribution in [0.3, 0.4) is 0 Å². The SMILES string of the molecule is CC/C=C/C/C=C/C/C=C/C/C=C/C/C=C/C(CC(=O)NC(CO)C(O)CCCCCCCCCCCCC)OC(=O)CCCCCC/C=C\C/C=C\C/C=C\CCCCC. The molecule has 0 aliphatic rings. The maximum atomic E-state index is 13.1. The van der Waals surface area contributed by atoms with E-state index in [1.54, 1.807) is 6.08 Å². The van der Waals surface area contributed by atoms with Crippen molar-refractivity contribution in [2.24, 2.45) is 0 Å². The molecule has 3 atom stereocenters. The van der Waals surface area contributed by atoms with Gasteiger partial charge in [0.15, 0.2) is 0 Å². The Labute approximate surface area is 376 Å². The molecular formula is C55H93NO5. The molecule has 0 rings (SSSR count). The second-order valence-corrected chi connectivity index (χ2v) is 16.5. The van der Waals surface area contributed by atoms with E-state index in [9.17, 15) is 19.8 Å². The molecule has 348 valence electrons. The Hall–Kier alpha value is -3.22. The average molecular weight is 848 g/mol. The first kappa shape index (κ1) is 57.8. The molecule has 0 aliphatic heterocycles. The number of ether oxygens (including phenoxy) is 1. The van der Waals surface area contributed by atoms with Gasteiger partial charge < -0.3 is 20.3 Å². The number of nitrogens with one attached hydrogen (secondary N) is 1. The van der Waals surface area contributed by atoms with Crippen molar-refractivity contribution >= 4 is 11.9 Å². The van der Waals surface area contributed by atoms with E-state index in [4.69, 9.17) is 4.74 Å². The molecule has 0 saturated carbocycles. The third-order valence-corrected chi connectivity index (χ3v) is 10.6. The predicted molar refractivity (Wildman–Crippen MR) is 264 cm³/mol. The van der Waals surface area contributed by atoms with Crippen molar-refractivity contribution in [3.05, 3.63) is 97.2 Å². The van der Waals surface area contributed by atoms with Gasteiger partial charge in [0.2, 0.25) is 5.91 Å². The van der Waals surface area contributed by atoms with E-state index in [0.717, 1.165) is 89.9 Å². The standard InChI is InChI=1S/C55H93NO5/c1-4-7-10-13-16-19-22-24-26-27-28-30-33-36-39-42-45-48-55(60)61-51(46-43-40-37-34-32-29-25-23-20-17-14-11-8-5-2)49-54(59)56-52(50-57)53(58)47-44-41-38-35-31-21-18-15-12-9-6-3/h8,11,16-17,19-20,24-26,28-30,34,37,43,46,51-53,57-58H,4-7,9-10,12-15,18,21-23,27,31-33,35-36,38-42,44-45,47-50H2,1-3H3,(H,56,59)/b11-8+,19-16-,20-17+,26-24-,29-25+,30-28-,37-34+,46-43+. The second kappa shape index (κ2) is 47.8. The molecule has 6 nitrogen and oxygen atoms in total. The van der Waals surface area contributed by atoms with Crippen molar-refractivity contribution in [2.75, 3.05) is 6.61 Å². The fourth-order valence-electron chi connectivity index (χ4n) is 6.87. The summed E-state index contributed by atoms with van der Waals surface area (Å²) in [4.78, 5) is 26.0. The summed E-state index contributed by atoms with van der Waals surface area (Å²) in [6.45, 7) is 6.28. The van der Waals surface area contributed by atoms with Gasteiger partial charge in [-0.25, -0.2) is 0 Å². The van der Waals surface area contributed by atoms with Gasteiger partial charge in [-0.2, -0.15) is 0 Å². The zero-order chi connectivity index (χ0) is 44.5. The van der Waals surface area contributed by atoms with Crippen LogP contribution in [0.25, 0.3) is 0 Å². The lowest BCUT2D eigenvalue weighted by molar-refractivity contribution is -0.148. The predicted octanol–water partition coefficient (Wildman–Crippen LogP) is 14.9. The van der Waals surface area contributed by atoms with Gasteiger partial charge in [-0.3, -0.25) is 9.59 Å². The maximum absolute atomic E-state index is 13.1. The van der Waals surface area contributed by atoms with E-state index in [2.05, 4.69) is 111 Å². The number of aliphatic hydroxyl groups excluding tert-OH is 2. The van der Waals surface area contributed by atoms with Crippen molar-refractivity contribution in [3.63, 3.8) is 0 Å². The first-order chi connectivity index (χ1) is 30.0. The minimum absolute atomic E-state index is 0.0601. The molecule has 3 unspecified atom stereocenters. The number of hydrogen-bond acceptors (Lipinski definition) is 5. The molecule has 0 saturated heterocycles. The van der Waals surface area contributed by atoms with Gasteiger partial charge in [0.1, 0.15) is 6.10 Å². The van der Waals surface area contributed by atoms with Gasteiger partial charge in [0.25, 0.3) is 0 Å². The topological polar surface area (TPSA) is 95.9 Å². The summed E-state index contributed by atoms with van der Waals surface area (Å²) in [6.07, 6.45) is 63.5. The zero-order valence-electron chi connectivity index (χ0n) is 39.5. The largest absolute Gasteiger partial charge is 0.458 e. The second-order valence-electron chi connectivity index (χ2n) is 16.5. The van der Waals surface area contributed by atoms with Gasteiger partial charge in [-0.05, 0) is 89.5 Å². The number of unbranched alkanes of at least 4 members (excludes halogenated alkanes) is 17. The minimum Gasteiger partial charge on any atom is -0.458 e. The van der Waals surface area contributed by atoms with E-state index >= 15 is 0 Å². The fraction of sp³-hybridized carbons (Fsp3) is 0.673. The molecule has 3 N–H and O–H groups in total. The van der Waals surface area contributed by atoms with E-state index in [-0.39, 0.29) is 24.9 Å². The number of carbonyl (C=O) groups excluding carboxylic acids is 2. The van der Waals surface area contributed by atoms with E-state index < -0.39 is 18.2 Å². The summed E-state index contributed by atoms with van der Waals surface area (Å²) >= 11 is 0. The molecule has 0 heterocycles. The molecule has 0 fully saturated rings. The van der Waals surface area contributed by atoms with Crippen molar-refractivity contribution < 1.29 is 24.5 Å². The number of allylic oxidation sites excluding steroid dienone is 15. The van der Waals surface area contributed by atoms with Crippen LogP contribution in [0.5, 0.6) is 0 Å². The van der Waals surface area contributed by atoms with Crippen molar-refractivity contribution in [1.82, 2.24) is 5.32 Å². The van der Waals surface area contributed by atoms with Crippen LogP contribution in [0.2, 0.25) is 0 Å². The molecule has 0 spiro atoms. The monoisotopic (exact) mass is 848 g/mol. The number of amides is 1. The molecule has 0 radical (unpaired) electrons. The minimum atomic E-state index is -0.827. The normalized spacial score (nSPS) is 14.1. The Kier molecular flexibility index (Phi) is 45.3. The van der Waals surface area contributed by atoms with Crippen molar-refractivity contribution in [1.29, 1.82) is 0 Å². The average Bonchev–Trinajstić information content (AvgIpc) is 3.25. The van der Waals surface area contributed by atoms with Crippen LogP contribution >= 0.6 is 0 Å². The molecule has 0 aliphatic carbocycles. The lowest BCUT2D eigenvalue weighted by Crippen LogP contribution is -2.46. The Morgan fingerprint density at radius 1 is 0.508 bits per heavy atom. The van der Waals surface area contributed by atoms with Gasteiger partial charge in [-0.1, -0.05) is 208 Å². The summed E-state index contributed by atoms with van der Waals surface area (Å²) < 4.78 is 5.80. The summed E-state index contributed by atoms with van der Waals surface area (Å²) in [5.74, 6) is -0.662. The number of aliphatic hydroxyl groups is 2. The Bertz CT molecular complexity index is 1220. The van der Waals surface area contributed by atoms with Crippen LogP contribution in [0.1, 0.15) is 213 Å². The Morgan fingerprint density at radius 3 is 1.43 bits per heavy atom. The summed E-state index contributed by atoms with van der Waals surface area (Å²) in [5.41, 5.74) is 0. The number of carbonyl (C=O) groups is 2. The van der Waals surface area contributed by atoms with Crippen molar-refractivity contribution in [3.8, 4) is 0 Å². The fourth-order valence-corrected chi connectivity index (χ4v) is 6.87. The summed E-state index contributed by atoms with van der Waals surface area (Å²) in [7, 11) is 0. The van der Waals surface area contributed by atoms with Crippen LogP contribution in [-0.2, 0) is 14.3 Å². The summed E-state index contributed by atoms with van der Waals surface area (Å²) in [5, 5.41) is 23.6. The quantitative estimate of drug-likeness (QED) is 0.0323. The molecule has 0 aromatic carbocycles.